The highest BCUT2D eigenvalue weighted by atomic mass is 16.3. The molecule has 0 aliphatic rings. The first kappa shape index (κ1) is 21.6. The number of aromatic hydroxyl groups is 1. The van der Waals surface area contributed by atoms with Gasteiger partial charge in [0.05, 0.1) is 6.67 Å². The first-order chi connectivity index (χ1) is 12.4. The van der Waals surface area contributed by atoms with Crippen LogP contribution in [0.4, 0.5) is 0 Å². The molecular formula is C22H31N3O. The van der Waals surface area contributed by atoms with Crippen molar-refractivity contribution in [3.63, 3.8) is 0 Å². The molecule has 0 fully saturated rings. The fourth-order valence-corrected chi connectivity index (χ4v) is 3.15. The maximum atomic E-state index is 9.54. The lowest BCUT2D eigenvalue weighted by Gasteiger charge is -2.21. The zero-order valence-corrected chi connectivity index (χ0v) is 16.3. The molecule has 0 saturated carbocycles. The zero-order chi connectivity index (χ0) is 19.7. The minimum atomic E-state index is -0.0290. The van der Waals surface area contributed by atoms with Crippen molar-refractivity contribution in [2.75, 3.05) is 6.67 Å². The summed E-state index contributed by atoms with van der Waals surface area (Å²) in [6, 6.07) is 7.12. The minimum Gasteiger partial charge on any atom is -0.508 e. The topological polar surface area (TPSA) is 82.5 Å². The van der Waals surface area contributed by atoms with E-state index in [-0.39, 0.29) is 18.3 Å². The summed E-state index contributed by atoms with van der Waals surface area (Å²) in [5.41, 5.74) is 11.8. The van der Waals surface area contributed by atoms with Crippen LogP contribution in [0, 0.1) is 11.3 Å². The van der Waals surface area contributed by atoms with Crippen molar-refractivity contribution in [2.45, 2.75) is 40.5 Å². The van der Waals surface area contributed by atoms with E-state index >= 15 is 0 Å². The van der Waals surface area contributed by atoms with E-state index in [1.165, 1.54) is 11.8 Å². The number of nitrogens with one attached hydrogen (secondary N) is 1. The highest BCUT2D eigenvalue weighted by Gasteiger charge is 2.17. The zero-order valence-electron chi connectivity index (χ0n) is 16.3. The van der Waals surface area contributed by atoms with Crippen molar-refractivity contribution in [3.05, 3.63) is 58.7 Å². The van der Waals surface area contributed by atoms with Crippen LogP contribution in [0.3, 0.4) is 0 Å². The summed E-state index contributed by atoms with van der Waals surface area (Å²) in [4.78, 5) is 4.16. The van der Waals surface area contributed by atoms with E-state index < -0.39 is 0 Å². The van der Waals surface area contributed by atoms with E-state index in [4.69, 9.17) is 11.1 Å². The van der Waals surface area contributed by atoms with E-state index in [2.05, 4.69) is 25.4 Å². The predicted octanol–water partition coefficient (Wildman–Crippen LogP) is 5.11. The number of aliphatic imine (C=N–C) groups is 1. The molecule has 0 saturated heterocycles. The van der Waals surface area contributed by atoms with Crippen molar-refractivity contribution >= 4 is 18.0 Å². The number of allylic oxidation sites excluding steroid dienone is 5. The quantitative estimate of drug-likeness (QED) is 0.426. The maximum absolute atomic E-state index is 9.54. The summed E-state index contributed by atoms with van der Waals surface area (Å²) in [7, 11) is 0. The average molecular weight is 354 g/mol. The standard InChI is InChI=1S/C22H31N3O/c1-6-7-21(17(4)19-8-10-20(26)11-9-19)18(5)22(15(2)12-23)16(3)13-25-14-24/h8-13,15,23,26H,4,6-7,14,24H2,1-3,5H3/b21-18-,22-16+,23-12?,25-13-. The van der Waals surface area contributed by atoms with Crippen molar-refractivity contribution in [1.82, 2.24) is 0 Å². The first-order valence-electron chi connectivity index (χ1n) is 8.97. The average Bonchev–Trinajstić information content (AvgIpc) is 2.64. The number of nitrogens with zero attached hydrogens (tertiary/aromatic N) is 1. The third kappa shape index (κ3) is 5.53. The van der Waals surface area contributed by atoms with Gasteiger partial charge in [-0.1, -0.05) is 39.0 Å². The molecule has 0 amide bonds. The van der Waals surface area contributed by atoms with Gasteiger partial charge in [0.2, 0.25) is 0 Å². The SMILES string of the molecule is C=C(\C(CCC)=C(C)/C(=C(C)/C=N\CN)C(C)C=N)c1ccc(O)cc1. The molecule has 1 atom stereocenters. The first-order valence-corrected chi connectivity index (χ1v) is 8.97. The molecule has 0 aromatic heterocycles. The Bertz CT molecular complexity index is 724. The number of hydrogen-bond acceptors (Lipinski definition) is 4. The maximum Gasteiger partial charge on any atom is 0.115 e. The Morgan fingerprint density at radius 1 is 1.31 bits per heavy atom. The van der Waals surface area contributed by atoms with Gasteiger partial charge in [0.1, 0.15) is 5.75 Å². The van der Waals surface area contributed by atoms with Crippen LogP contribution in [0.25, 0.3) is 5.57 Å². The number of rotatable bonds is 9. The third-order valence-electron chi connectivity index (χ3n) is 4.46. The van der Waals surface area contributed by atoms with Gasteiger partial charge in [-0.05, 0) is 65.8 Å². The lowest BCUT2D eigenvalue weighted by Crippen LogP contribution is -2.09. The molecule has 1 unspecified atom stereocenters. The summed E-state index contributed by atoms with van der Waals surface area (Å²) in [5, 5.41) is 17.3. The second kappa shape index (κ2) is 10.5. The molecule has 0 heterocycles. The number of phenols is 1. The van der Waals surface area contributed by atoms with Gasteiger partial charge < -0.3 is 16.2 Å². The van der Waals surface area contributed by atoms with Gasteiger partial charge in [-0.2, -0.15) is 0 Å². The van der Waals surface area contributed by atoms with Crippen LogP contribution in [0.5, 0.6) is 5.75 Å². The molecule has 0 aliphatic carbocycles. The van der Waals surface area contributed by atoms with Crippen LogP contribution in [0.2, 0.25) is 0 Å². The van der Waals surface area contributed by atoms with Gasteiger partial charge in [-0.25, -0.2) is 0 Å². The summed E-state index contributed by atoms with van der Waals surface area (Å²) in [5.74, 6) is 0.213. The van der Waals surface area contributed by atoms with Gasteiger partial charge in [0, 0.05) is 18.3 Å². The van der Waals surface area contributed by atoms with E-state index in [0.29, 0.717) is 0 Å². The van der Waals surface area contributed by atoms with Crippen LogP contribution >= 0.6 is 0 Å². The van der Waals surface area contributed by atoms with Gasteiger partial charge in [0.25, 0.3) is 0 Å². The molecule has 1 rings (SSSR count). The van der Waals surface area contributed by atoms with Crippen molar-refractivity contribution in [3.8, 4) is 5.75 Å². The number of nitrogens with two attached hydrogens (primary N) is 1. The van der Waals surface area contributed by atoms with Crippen LogP contribution in [0.1, 0.15) is 46.1 Å². The highest BCUT2D eigenvalue weighted by molar-refractivity contribution is 5.85. The van der Waals surface area contributed by atoms with Crippen molar-refractivity contribution < 1.29 is 5.11 Å². The molecule has 4 N–H and O–H groups in total. The smallest absolute Gasteiger partial charge is 0.115 e. The second-order valence-corrected chi connectivity index (χ2v) is 6.43. The van der Waals surface area contributed by atoms with Gasteiger partial charge in [-0.15, -0.1) is 0 Å². The fourth-order valence-electron chi connectivity index (χ4n) is 3.15. The van der Waals surface area contributed by atoms with Crippen molar-refractivity contribution in [1.29, 1.82) is 5.41 Å². The Balaban J connectivity index is 3.53. The second-order valence-electron chi connectivity index (χ2n) is 6.43. The molecule has 0 radical (unpaired) electrons. The predicted molar refractivity (Wildman–Crippen MR) is 113 cm³/mol. The molecule has 4 nitrogen and oxygen atoms in total. The van der Waals surface area contributed by atoms with Crippen LogP contribution in [0.15, 0.2) is 58.1 Å². The van der Waals surface area contributed by atoms with E-state index in [1.807, 2.05) is 26.0 Å². The van der Waals surface area contributed by atoms with E-state index in [0.717, 1.165) is 40.7 Å². The Kier molecular flexibility index (Phi) is 8.73. The lowest BCUT2D eigenvalue weighted by atomic mass is 9.84. The number of benzene rings is 1. The summed E-state index contributed by atoms with van der Waals surface area (Å²) < 4.78 is 0. The molecule has 140 valence electrons. The molecule has 4 heteroatoms. The Morgan fingerprint density at radius 3 is 2.42 bits per heavy atom. The Hall–Kier alpha value is -2.46. The molecule has 1 aromatic carbocycles. The largest absolute Gasteiger partial charge is 0.508 e. The third-order valence-corrected chi connectivity index (χ3v) is 4.46. The summed E-state index contributed by atoms with van der Waals surface area (Å²) in [6.45, 7) is 12.8. The van der Waals surface area contributed by atoms with Gasteiger partial charge in [0.15, 0.2) is 0 Å². The minimum absolute atomic E-state index is 0.0290. The highest BCUT2D eigenvalue weighted by Crippen LogP contribution is 2.34. The normalized spacial score (nSPS) is 14.7. The lowest BCUT2D eigenvalue weighted by molar-refractivity contribution is 0.475. The fraction of sp³-hybridized carbons (Fsp3) is 0.364. The number of hydrogen-bond donors (Lipinski definition) is 3. The van der Waals surface area contributed by atoms with Crippen LogP contribution in [-0.2, 0) is 0 Å². The summed E-state index contributed by atoms with van der Waals surface area (Å²) in [6.07, 6.45) is 5.12. The van der Waals surface area contributed by atoms with Gasteiger partial charge >= 0.3 is 0 Å². The molecule has 0 bridgehead atoms. The molecule has 1 aromatic rings. The van der Waals surface area contributed by atoms with E-state index in [9.17, 15) is 5.11 Å². The van der Waals surface area contributed by atoms with Gasteiger partial charge in [-0.3, -0.25) is 4.99 Å². The van der Waals surface area contributed by atoms with Crippen molar-refractivity contribution in [2.24, 2.45) is 16.6 Å². The monoisotopic (exact) mass is 353 g/mol. The Labute approximate surface area is 157 Å². The molecule has 26 heavy (non-hydrogen) atoms. The van der Waals surface area contributed by atoms with Crippen LogP contribution in [-0.4, -0.2) is 24.2 Å². The molecule has 0 spiro atoms. The summed E-state index contributed by atoms with van der Waals surface area (Å²) >= 11 is 0. The molecule has 0 aliphatic heterocycles. The Morgan fingerprint density at radius 2 is 1.92 bits per heavy atom. The van der Waals surface area contributed by atoms with Crippen LogP contribution < -0.4 is 5.73 Å². The number of phenolic OH excluding ortho intramolecular Hbond substituents is 1. The molecular weight excluding hydrogens is 322 g/mol. The van der Waals surface area contributed by atoms with E-state index in [1.54, 1.807) is 18.3 Å².